The summed E-state index contributed by atoms with van der Waals surface area (Å²) in [6, 6.07) is 15.2. The van der Waals surface area contributed by atoms with Crippen molar-refractivity contribution in [1.29, 1.82) is 0 Å². The number of anilines is 1. The highest BCUT2D eigenvalue weighted by molar-refractivity contribution is 7.80. The van der Waals surface area contributed by atoms with Crippen LogP contribution in [0.3, 0.4) is 0 Å². The van der Waals surface area contributed by atoms with Crippen LogP contribution in [0, 0.1) is 0 Å². The van der Waals surface area contributed by atoms with Crippen molar-refractivity contribution in [2.45, 2.75) is 17.9 Å². The number of carbonyl (C=O) groups is 1. The van der Waals surface area contributed by atoms with Crippen molar-refractivity contribution in [3.05, 3.63) is 59.7 Å². The Kier molecular flexibility index (Phi) is 5.21. The Labute approximate surface area is 124 Å². The summed E-state index contributed by atoms with van der Waals surface area (Å²) in [6.07, 6.45) is 0.350. The second-order valence-electron chi connectivity index (χ2n) is 4.52. The highest BCUT2D eigenvalue weighted by Gasteiger charge is 2.04. The van der Waals surface area contributed by atoms with Crippen LogP contribution in [0.4, 0.5) is 5.69 Å². The minimum Gasteiger partial charge on any atom is -0.380 e. The number of benzene rings is 2. The van der Waals surface area contributed by atoms with E-state index in [-0.39, 0.29) is 5.91 Å². The van der Waals surface area contributed by atoms with Gasteiger partial charge in [-0.2, -0.15) is 0 Å². The Bertz CT molecular complexity index is 581. The van der Waals surface area contributed by atoms with Crippen LogP contribution in [-0.2, 0) is 22.6 Å². The van der Waals surface area contributed by atoms with E-state index >= 15 is 0 Å². The topological polar surface area (TPSA) is 38.3 Å². The van der Waals surface area contributed by atoms with Gasteiger partial charge in [0.2, 0.25) is 5.91 Å². The second-order valence-corrected chi connectivity index (χ2v) is 5.04. The number of hydrogen-bond donors (Lipinski definition) is 2. The van der Waals surface area contributed by atoms with Gasteiger partial charge in [-0.05, 0) is 35.4 Å². The molecule has 0 bridgehead atoms. The lowest BCUT2D eigenvalue weighted by Gasteiger charge is -2.07. The molecule has 0 unspecified atom stereocenters. The standard InChI is InChI=1S/C16H17NO2S/c1-19-11-13-3-2-4-14(9-13)17-16(18)10-12-5-7-15(20)8-6-12/h2-9,20H,10-11H2,1H3,(H,17,18). The fourth-order valence-electron chi connectivity index (χ4n) is 1.91. The average Bonchev–Trinajstić information content (AvgIpc) is 2.42. The summed E-state index contributed by atoms with van der Waals surface area (Å²) in [7, 11) is 1.65. The minimum atomic E-state index is -0.0357. The van der Waals surface area contributed by atoms with Crippen LogP contribution in [0.2, 0.25) is 0 Å². The van der Waals surface area contributed by atoms with Crippen LogP contribution >= 0.6 is 12.6 Å². The first-order chi connectivity index (χ1) is 9.67. The van der Waals surface area contributed by atoms with Crippen molar-refractivity contribution in [3.8, 4) is 0 Å². The molecular formula is C16H17NO2S. The van der Waals surface area contributed by atoms with Gasteiger partial charge >= 0.3 is 0 Å². The van der Waals surface area contributed by atoms with E-state index in [0.717, 1.165) is 21.7 Å². The van der Waals surface area contributed by atoms with E-state index in [0.29, 0.717) is 13.0 Å². The highest BCUT2D eigenvalue weighted by Crippen LogP contribution is 2.13. The second kappa shape index (κ2) is 7.12. The van der Waals surface area contributed by atoms with Gasteiger partial charge in [-0.25, -0.2) is 0 Å². The number of nitrogens with one attached hydrogen (secondary N) is 1. The number of thiol groups is 1. The first kappa shape index (κ1) is 14.6. The van der Waals surface area contributed by atoms with E-state index in [4.69, 9.17) is 4.74 Å². The van der Waals surface area contributed by atoms with Gasteiger partial charge < -0.3 is 10.1 Å². The van der Waals surface area contributed by atoms with Crippen LogP contribution < -0.4 is 5.32 Å². The van der Waals surface area contributed by atoms with Gasteiger partial charge in [-0.15, -0.1) is 12.6 Å². The summed E-state index contributed by atoms with van der Waals surface area (Å²) >= 11 is 4.22. The maximum absolute atomic E-state index is 12.0. The fourth-order valence-corrected chi connectivity index (χ4v) is 2.06. The summed E-state index contributed by atoms with van der Waals surface area (Å²) in [5.74, 6) is -0.0357. The zero-order chi connectivity index (χ0) is 14.4. The third kappa shape index (κ3) is 4.40. The molecule has 1 N–H and O–H groups in total. The quantitative estimate of drug-likeness (QED) is 0.828. The molecule has 0 aromatic heterocycles. The number of rotatable bonds is 5. The fraction of sp³-hybridized carbons (Fsp3) is 0.188. The smallest absolute Gasteiger partial charge is 0.228 e. The largest absolute Gasteiger partial charge is 0.380 e. The molecule has 0 aliphatic heterocycles. The lowest BCUT2D eigenvalue weighted by Crippen LogP contribution is -2.14. The monoisotopic (exact) mass is 287 g/mol. The van der Waals surface area contributed by atoms with Gasteiger partial charge in [0, 0.05) is 17.7 Å². The van der Waals surface area contributed by atoms with Crippen LogP contribution in [0.25, 0.3) is 0 Å². The normalized spacial score (nSPS) is 10.3. The van der Waals surface area contributed by atoms with Gasteiger partial charge in [0.1, 0.15) is 0 Å². The Morgan fingerprint density at radius 2 is 1.90 bits per heavy atom. The molecule has 0 atom stereocenters. The van der Waals surface area contributed by atoms with Gasteiger partial charge in [0.05, 0.1) is 13.0 Å². The van der Waals surface area contributed by atoms with E-state index in [1.165, 1.54) is 0 Å². The van der Waals surface area contributed by atoms with Crippen molar-refractivity contribution >= 4 is 24.2 Å². The number of ether oxygens (including phenoxy) is 1. The predicted octanol–water partition coefficient (Wildman–Crippen LogP) is 3.30. The van der Waals surface area contributed by atoms with Crippen LogP contribution in [0.1, 0.15) is 11.1 Å². The van der Waals surface area contributed by atoms with Crippen molar-refractivity contribution in [2.24, 2.45) is 0 Å². The predicted molar refractivity (Wildman–Crippen MR) is 83.2 cm³/mol. The summed E-state index contributed by atoms with van der Waals surface area (Å²) in [4.78, 5) is 12.9. The first-order valence-corrected chi connectivity index (χ1v) is 6.78. The summed E-state index contributed by atoms with van der Waals surface area (Å²) < 4.78 is 5.07. The third-order valence-electron chi connectivity index (χ3n) is 2.82. The molecule has 0 fully saturated rings. The molecule has 1 amide bonds. The van der Waals surface area contributed by atoms with Crippen molar-refractivity contribution in [2.75, 3.05) is 12.4 Å². The SMILES string of the molecule is COCc1cccc(NC(=O)Cc2ccc(S)cc2)c1. The third-order valence-corrected chi connectivity index (χ3v) is 3.12. The molecule has 4 heteroatoms. The van der Waals surface area contributed by atoms with E-state index < -0.39 is 0 Å². The zero-order valence-corrected chi connectivity index (χ0v) is 12.2. The Balaban J connectivity index is 1.97. The molecule has 2 aromatic rings. The number of methoxy groups -OCH3 is 1. The van der Waals surface area contributed by atoms with E-state index in [1.807, 2.05) is 48.5 Å². The average molecular weight is 287 g/mol. The molecule has 3 nitrogen and oxygen atoms in total. The molecule has 0 saturated carbocycles. The lowest BCUT2D eigenvalue weighted by molar-refractivity contribution is -0.115. The van der Waals surface area contributed by atoms with Gasteiger partial charge in [-0.1, -0.05) is 24.3 Å². The summed E-state index contributed by atoms with van der Waals surface area (Å²) in [5.41, 5.74) is 2.79. The Morgan fingerprint density at radius 1 is 1.15 bits per heavy atom. The van der Waals surface area contributed by atoms with Crippen LogP contribution in [0.15, 0.2) is 53.4 Å². The first-order valence-electron chi connectivity index (χ1n) is 6.33. The maximum Gasteiger partial charge on any atom is 0.228 e. The molecule has 104 valence electrons. The molecule has 0 spiro atoms. The van der Waals surface area contributed by atoms with E-state index in [1.54, 1.807) is 7.11 Å². The Hall–Kier alpha value is -1.78. The molecule has 0 aliphatic rings. The van der Waals surface area contributed by atoms with E-state index in [9.17, 15) is 4.79 Å². The van der Waals surface area contributed by atoms with Crippen molar-refractivity contribution in [1.82, 2.24) is 0 Å². The molecule has 0 saturated heterocycles. The molecule has 0 radical (unpaired) electrons. The Morgan fingerprint density at radius 3 is 2.60 bits per heavy atom. The van der Waals surface area contributed by atoms with Crippen molar-refractivity contribution < 1.29 is 9.53 Å². The summed E-state index contributed by atoms with van der Waals surface area (Å²) in [6.45, 7) is 0.535. The van der Waals surface area contributed by atoms with E-state index in [2.05, 4.69) is 17.9 Å². The number of carbonyl (C=O) groups excluding carboxylic acids is 1. The van der Waals surface area contributed by atoms with Gasteiger partial charge in [0.25, 0.3) is 0 Å². The lowest BCUT2D eigenvalue weighted by atomic mass is 10.1. The van der Waals surface area contributed by atoms with Gasteiger partial charge in [0.15, 0.2) is 0 Å². The van der Waals surface area contributed by atoms with Gasteiger partial charge in [-0.3, -0.25) is 4.79 Å². The molecular weight excluding hydrogens is 270 g/mol. The number of hydrogen-bond acceptors (Lipinski definition) is 3. The highest BCUT2D eigenvalue weighted by atomic mass is 32.1. The zero-order valence-electron chi connectivity index (χ0n) is 11.3. The van der Waals surface area contributed by atoms with Crippen LogP contribution in [0.5, 0.6) is 0 Å². The molecule has 20 heavy (non-hydrogen) atoms. The minimum absolute atomic E-state index is 0.0357. The molecule has 2 aromatic carbocycles. The van der Waals surface area contributed by atoms with Crippen molar-refractivity contribution in [3.63, 3.8) is 0 Å². The number of amides is 1. The molecule has 0 heterocycles. The van der Waals surface area contributed by atoms with Crippen LogP contribution in [-0.4, -0.2) is 13.0 Å². The summed E-state index contributed by atoms with van der Waals surface area (Å²) in [5, 5.41) is 2.89. The molecule has 2 rings (SSSR count). The molecule has 0 aliphatic carbocycles. The maximum atomic E-state index is 12.0.